The van der Waals surface area contributed by atoms with Crippen LogP contribution in [-0.2, 0) is 13.2 Å². The van der Waals surface area contributed by atoms with Gasteiger partial charge in [-0.15, -0.1) is 0 Å². The van der Waals surface area contributed by atoms with E-state index in [1.165, 1.54) is 17.0 Å². The molecule has 0 bridgehead atoms. The molecule has 0 spiro atoms. The molecule has 39 heavy (non-hydrogen) atoms. The van der Waals surface area contributed by atoms with Crippen LogP contribution in [0.4, 0.5) is 4.39 Å². The second kappa shape index (κ2) is 11.9. The van der Waals surface area contributed by atoms with Crippen LogP contribution in [0, 0.1) is 19.7 Å². The Labute approximate surface area is 227 Å². The van der Waals surface area contributed by atoms with Crippen molar-refractivity contribution in [3.8, 4) is 5.75 Å². The van der Waals surface area contributed by atoms with E-state index < -0.39 is 5.82 Å². The first-order chi connectivity index (χ1) is 18.8. The van der Waals surface area contributed by atoms with Gasteiger partial charge in [0.15, 0.2) is 0 Å². The van der Waals surface area contributed by atoms with Gasteiger partial charge in [-0.05, 0) is 57.5 Å². The van der Waals surface area contributed by atoms with Gasteiger partial charge in [-0.2, -0.15) is 0 Å². The van der Waals surface area contributed by atoms with Crippen molar-refractivity contribution in [2.75, 3.05) is 14.1 Å². The highest BCUT2D eigenvalue weighted by molar-refractivity contribution is 6.19. The molecule has 3 aromatic heterocycles. The van der Waals surface area contributed by atoms with Crippen LogP contribution in [0.2, 0.25) is 0 Å². The summed E-state index contributed by atoms with van der Waals surface area (Å²) in [5, 5.41) is 0.896. The number of fused-ring (bicyclic) bond motifs is 1. The zero-order valence-corrected chi connectivity index (χ0v) is 23.1. The van der Waals surface area contributed by atoms with Gasteiger partial charge >= 0.3 is 0 Å². The van der Waals surface area contributed by atoms with Crippen molar-refractivity contribution in [3.05, 3.63) is 110 Å². The Morgan fingerprint density at radius 2 is 1.95 bits per heavy atom. The number of benzene rings is 1. The second-order valence-electron chi connectivity index (χ2n) is 9.23. The molecule has 0 N–H and O–H groups in total. The molecule has 7 nitrogen and oxygen atoms in total. The van der Waals surface area contributed by atoms with Gasteiger partial charge in [0.25, 0.3) is 5.56 Å². The highest BCUT2D eigenvalue weighted by Crippen LogP contribution is 2.30. The minimum absolute atomic E-state index is 0.0535. The summed E-state index contributed by atoms with van der Waals surface area (Å²) in [6, 6.07) is 11.2. The first-order valence-corrected chi connectivity index (χ1v) is 12.7. The highest BCUT2D eigenvalue weighted by Gasteiger charge is 2.18. The molecule has 4 rings (SSSR count). The average Bonchev–Trinajstić information content (AvgIpc) is 2.92. The van der Waals surface area contributed by atoms with E-state index in [9.17, 15) is 4.79 Å². The third-order valence-corrected chi connectivity index (χ3v) is 6.69. The molecule has 0 aliphatic heterocycles. The predicted molar refractivity (Wildman–Crippen MR) is 155 cm³/mol. The van der Waals surface area contributed by atoms with E-state index in [0.717, 1.165) is 27.9 Å². The molecule has 200 valence electrons. The molecule has 3 heterocycles. The van der Waals surface area contributed by atoms with Crippen LogP contribution in [0.3, 0.4) is 0 Å². The van der Waals surface area contributed by atoms with Crippen molar-refractivity contribution in [1.29, 1.82) is 0 Å². The van der Waals surface area contributed by atoms with Gasteiger partial charge in [0.05, 0.1) is 24.0 Å². The van der Waals surface area contributed by atoms with E-state index in [0.29, 0.717) is 33.7 Å². The average molecular weight is 526 g/mol. The summed E-state index contributed by atoms with van der Waals surface area (Å²) >= 11 is 0. The van der Waals surface area contributed by atoms with Gasteiger partial charge in [0, 0.05) is 60.0 Å². The number of nitrogens with zero attached hydrogens (tertiary/aromatic N) is 5. The molecule has 4 aromatic rings. The Kier molecular flexibility index (Phi) is 8.44. The summed E-state index contributed by atoms with van der Waals surface area (Å²) in [5.74, 6) is 0.0354. The van der Waals surface area contributed by atoms with E-state index in [-0.39, 0.29) is 18.7 Å². The summed E-state index contributed by atoms with van der Waals surface area (Å²) in [5.41, 5.74) is 6.18. The number of allylic oxidation sites excluding steroid dienone is 2. The molecule has 0 atom stereocenters. The maximum absolute atomic E-state index is 15.2. The number of aromatic nitrogens is 3. The number of aliphatic imine (C=N–C) groups is 2. The van der Waals surface area contributed by atoms with Gasteiger partial charge in [0.2, 0.25) is 0 Å². The smallest absolute Gasteiger partial charge is 0.259 e. The molecule has 0 unspecified atom stereocenters. The topological polar surface area (TPSA) is 81.7 Å². The normalized spacial score (nSPS) is 12.5. The molecule has 0 saturated carbocycles. The lowest BCUT2D eigenvalue weighted by Crippen LogP contribution is -2.24. The number of ether oxygens (including phenoxy) is 1. The lowest BCUT2D eigenvalue weighted by molar-refractivity contribution is 0.300. The molecule has 0 saturated heterocycles. The third kappa shape index (κ3) is 5.70. The Balaban J connectivity index is 1.75. The van der Waals surface area contributed by atoms with Gasteiger partial charge in [-0.3, -0.25) is 19.8 Å². The first-order valence-electron chi connectivity index (χ1n) is 12.7. The number of hydrogen-bond donors (Lipinski definition) is 0. The van der Waals surface area contributed by atoms with Crippen molar-refractivity contribution < 1.29 is 9.13 Å². The molecule has 1 aromatic carbocycles. The monoisotopic (exact) mass is 525 g/mol. The number of hydrogen-bond acceptors (Lipinski definition) is 6. The van der Waals surface area contributed by atoms with Gasteiger partial charge < -0.3 is 9.30 Å². The van der Waals surface area contributed by atoms with Gasteiger partial charge in [-0.25, -0.2) is 9.37 Å². The second-order valence-corrected chi connectivity index (χ2v) is 9.23. The maximum Gasteiger partial charge on any atom is 0.259 e. The summed E-state index contributed by atoms with van der Waals surface area (Å²) in [6.45, 7) is 7.83. The SMILES string of the molecule is CC=C(C)C(=NC)c1cc(C)nc2c(OCc3c(F)cnc(C)c3Cn3cccc(C=NC)c3=O)cccc12. The van der Waals surface area contributed by atoms with Crippen molar-refractivity contribution in [1.82, 2.24) is 14.5 Å². The third-order valence-electron chi connectivity index (χ3n) is 6.69. The number of pyridine rings is 3. The zero-order chi connectivity index (χ0) is 28.1. The van der Waals surface area contributed by atoms with Crippen LogP contribution in [0.5, 0.6) is 5.75 Å². The fourth-order valence-electron chi connectivity index (χ4n) is 4.58. The molecule has 0 radical (unpaired) electrons. The van der Waals surface area contributed by atoms with E-state index in [1.54, 1.807) is 39.3 Å². The van der Waals surface area contributed by atoms with Crippen LogP contribution in [0.25, 0.3) is 10.9 Å². The standard InChI is InChI=1S/C31H32FN5O2/c1-7-19(2)29(34-6)24-14-20(3)36-30-23(24)11-8-12-28(30)39-18-26-25(21(4)35-16-27(26)32)17-37-13-9-10-22(15-33-5)31(37)38/h7-16H,17-18H2,1-6H3. The predicted octanol–water partition coefficient (Wildman–Crippen LogP) is 5.61. The molecule has 0 aliphatic carbocycles. The Hall–Kier alpha value is -4.46. The number of halogens is 1. The first kappa shape index (κ1) is 27.6. The van der Waals surface area contributed by atoms with Gasteiger partial charge in [0.1, 0.15) is 23.7 Å². The quantitative estimate of drug-likeness (QED) is 0.280. The van der Waals surface area contributed by atoms with E-state index in [1.807, 2.05) is 51.1 Å². The van der Waals surface area contributed by atoms with Crippen LogP contribution in [0.15, 0.2) is 75.2 Å². The summed E-state index contributed by atoms with van der Waals surface area (Å²) < 4.78 is 22.9. The largest absolute Gasteiger partial charge is 0.486 e. The summed E-state index contributed by atoms with van der Waals surface area (Å²) in [6.07, 6.45) is 6.39. The number of aryl methyl sites for hydroxylation is 2. The molecule has 0 aliphatic rings. The van der Waals surface area contributed by atoms with Crippen LogP contribution in [-0.4, -0.2) is 40.6 Å². The fourth-order valence-corrected chi connectivity index (χ4v) is 4.58. The lowest BCUT2D eigenvalue weighted by atomic mass is 9.98. The lowest BCUT2D eigenvalue weighted by Gasteiger charge is -2.17. The molecule has 8 heteroatoms. The van der Waals surface area contributed by atoms with Gasteiger partial charge in [-0.1, -0.05) is 18.2 Å². The van der Waals surface area contributed by atoms with E-state index in [4.69, 9.17) is 9.72 Å². The van der Waals surface area contributed by atoms with E-state index >= 15 is 4.39 Å². The van der Waals surface area contributed by atoms with Crippen molar-refractivity contribution in [2.45, 2.75) is 40.8 Å². The molecule has 0 amide bonds. The van der Waals surface area contributed by atoms with Crippen molar-refractivity contribution in [3.63, 3.8) is 0 Å². The zero-order valence-electron chi connectivity index (χ0n) is 23.1. The van der Waals surface area contributed by atoms with Crippen molar-refractivity contribution in [2.24, 2.45) is 9.98 Å². The minimum atomic E-state index is -0.496. The summed E-state index contributed by atoms with van der Waals surface area (Å²) in [4.78, 5) is 30.3. The van der Waals surface area contributed by atoms with Crippen LogP contribution < -0.4 is 10.3 Å². The number of rotatable bonds is 8. The molecule has 0 fully saturated rings. The highest BCUT2D eigenvalue weighted by atomic mass is 19.1. The number of para-hydroxylation sites is 1. The van der Waals surface area contributed by atoms with Crippen molar-refractivity contribution >= 4 is 22.8 Å². The Morgan fingerprint density at radius 1 is 1.15 bits per heavy atom. The minimum Gasteiger partial charge on any atom is -0.486 e. The molecular weight excluding hydrogens is 493 g/mol. The maximum atomic E-state index is 15.2. The Morgan fingerprint density at radius 3 is 2.67 bits per heavy atom. The summed E-state index contributed by atoms with van der Waals surface area (Å²) in [7, 11) is 3.38. The molecular formula is C31H32FN5O2. The van der Waals surface area contributed by atoms with E-state index in [2.05, 4.69) is 15.0 Å². The van der Waals surface area contributed by atoms with Crippen LogP contribution in [0.1, 0.15) is 47.5 Å². The van der Waals surface area contributed by atoms with Crippen LogP contribution >= 0.6 is 0 Å². The Bertz CT molecular complexity index is 1680. The fraction of sp³-hybridized carbons (Fsp3) is 0.258.